The number of hydrogen-bond donors (Lipinski definition) is 1. The third-order valence-electron chi connectivity index (χ3n) is 2.94. The van der Waals surface area contributed by atoms with Crippen molar-refractivity contribution >= 4 is 5.97 Å². The van der Waals surface area contributed by atoms with Gasteiger partial charge in [-0.2, -0.15) is 0 Å². The van der Waals surface area contributed by atoms with Crippen LogP contribution in [0.5, 0.6) is 11.5 Å². The van der Waals surface area contributed by atoms with Crippen LogP contribution in [0, 0.1) is 0 Å². The van der Waals surface area contributed by atoms with E-state index in [1.807, 2.05) is 25.1 Å². The number of hydrogen-bond acceptors (Lipinski definition) is 4. The molecule has 0 bridgehead atoms. The van der Waals surface area contributed by atoms with E-state index >= 15 is 0 Å². The maximum atomic E-state index is 10.6. The van der Waals surface area contributed by atoms with Crippen molar-refractivity contribution in [1.29, 1.82) is 0 Å². The van der Waals surface area contributed by atoms with Gasteiger partial charge in [0.2, 0.25) is 0 Å². The maximum absolute atomic E-state index is 10.6. The van der Waals surface area contributed by atoms with Crippen LogP contribution in [0.1, 0.15) is 18.9 Å². The highest BCUT2D eigenvalue weighted by Crippen LogP contribution is 2.27. The Kier molecular flexibility index (Phi) is 6.15. The minimum atomic E-state index is -0.772. The molecule has 1 aromatic carbocycles. The van der Waals surface area contributed by atoms with Crippen molar-refractivity contribution in [2.24, 2.45) is 0 Å². The van der Waals surface area contributed by atoms with Crippen LogP contribution in [0.25, 0.3) is 0 Å². The first-order valence-corrected chi connectivity index (χ1v) is 6.25. The number of rotatable bonds is 8. The van der Waals surface area contributed by atoms with E-state index in [-0.39, 0.29) is 6.42 Å². The molecule has 0 unspecified atom stereocenters. The molecule has 0 aromatic heterocycles. The van der Waals surface area contributed by atoms with E-state index in [2.05, 4.69) is 4.90 Å². The fourth-order valence-corrected chi connectivity index (χ4v) is 1.84. The predicted octanol–water partition coefficient (Wildman–Crippen LogP) is 2.00. The third-order valence-corrected chi connectivity index (χ3v) is 2.94. The SMILES string of the molecule is CCN(CCC(=O)O)Cc1ccc(OC)c(OC)c1. The molecule has 0 amide bonds. The Hall–Kier alpha value is -1.75. The smallest absolute Gasteiger partial charge is 0.304 e. The first kappa shape index (κ1) is 15.3. The monoisotopic (exact) mass is 267 g/mol. The Balaban J connectivity index is 2.71. The van der Waals surface area contributed by atoms with E-state index in [1.165, 1.54) is 0 Å². The van der Waals surface area contributed by atoms with Crippen molar-refractivity contribution in [3.8, 4) is 11.5 Å². The van der Waals surface area contributed by atoms with E-state index in [0.717, 1.165) is 12.1 Å². The average Bonchev–Trinajstić information content (AvgIpc) is 2.42. The number of methoxy groups -OCH3 is 2. The second kappa shape index (κ2) is 7.63. The summed E-state index contributed by atoms with van der Waals surface area (Å²) in [6, 6.07) is 5.74. The van der Waals surface area contributed by atoms with Gasteiger partial charge >= 0.3 is 5.97 Å². The zero-order valence-corrected chi connectivity index (χ0v) is 11.7. The summed E-state index contributed by atoms with van der Waals surface area (Å²) in [4.78, 5) is 12.7. The van der Waals surface area contributed by atoms with E-state index in [0.29, 0.717) is 24.6 Å². The Morgan fingerprint density at radius 3 is 2.47 bits per heavy atom. The molecule has 0 fully saturated rings. The van der Waals surface area contributed by atoms with Gasteiger partial charge in [0, 0.05) is 13.1 Å². The van der Waals surface area contributed by atoms with Gasteiger partial charge in [-0.1, -0.05) is 13.0 Å². The Bertz CT molecular complexity index is 420. The highest BCUT2D eigenvalue weighted by Gasteiger charge is 2.09. The van der Waals surface area contributed by atoms with Gasteiger partial charge in [-0.3, -0.25) is 9.69 Å². The molecule has 5 nitrogen and oxygen atoms in total. The molecule has 0 saturated carbocycles. The summed E-state index contributed by atoms with van der Waals surface area (Å²) in [6.07, 6.45) is 0.154. The lowest BCUT2D eigenvalue weighted by molar-refractivity contribution is -0.137. The molecule has 0 atom stereocenters. The van der Waals surface area contributed by atoms with Crippen molar-refractivity contribution in [3.63, 3.8) is 0 Å². The van der Waals surface area contributed by atoms with Crippen LogP contribution in [0.3, 0.4) is 0 Å². The van der Waals surface area contributed by atoms with Crippen molar-refractivity contribution < 1.29 is 19.4 Å². The van der Waals surface area contributed by atoms with Gasteiger partial charge in [0.15, 0.2) is 11.5 Å². The summed E-state index contributed by atoms with van der Waals surface area (Å²) >= 11 is 0. The third kappa shape index (κ3) is 4.79. The predicted molar refractivity (Wildman–Crippen MR) is 72.7 cm³/mol. The lowest BCUT2D eigenvalue weighted by atomic mass is 10.2. The summed E-state index contributed by atoms with van der Waals surface area (Å²) in [5, 5.41) is 8.71. The average molecular weight is 267 g/mol. The number of nitrogens with zero attached hydrogens (tertiary/aromatic N) is 1. The lowest BCUT2D eigenvalue weighted by Crippen LogP contribution is -2.25. The van der Waals surface area contributed by atoms with Gasteiger partial charge in [-0.15, -0.1) is 0 Å². The maximum Gasteiger partial charge on any atom is 0.304 e. The van der Waals surface area contributed by atoms with Crippen LogP contribution in [-0.2, 0) is 11.3 Å². The number of benzene rings is 1. The van der Waals surface area contributed by atoms with E-state index in [9.17, 15) is 4.79 Å². The summed E-state index contributed by atoms with van der Waals surface area (Å²) in [5.41, 5.74) is 1.07. The zero-order chi connectivity index (χ0) is 14.3. The molecular formula is C14H21NO4. The summed E-state index contributed by atoms with van der Waals surface area (Å²) in [5.74, 6) is 0.611. The second-order valence-corrected chi connectivity index (χ2v) is 4.20. The molecule has 106 valence electrons. The molecule has 0 aliphatic heterocycles. The minimum absolute atomic E-state index is 0.154. The fraction of sp³-hybridized carbons (Fsp3) is 0.500. The van der Waals surface area contributed by atoms with Crippen molar-refractivity contribution in [2.45, 2.75) is 19.9 Å². The summed E-state index contributed by atoms with van der Waals surface area (Å²) in [6.45, 7) is 4.06. The van der Waals surface area contributed by atoms with Crippen LogP contribution in [-0.4, -0.2) is 43.3 Å². The zero-order valence-electron chi connectivity index (χ0n) is 11.7. The standard InChI is InChI=1S/C14H21NO4/c1-4-15(8-7-14(16)17)10-11-5-6-12(18-2)13(9-11)19-3/h5-6,9H,4,7-8,10H2,1-3H3,(H,16,17). The Labute approximate surface area is 113 Å². The Morgan fingerprint density at radius 1 is 1.26 bits per heavy atom. The number of carboxylic acid groups (broad SMARTS) is 1. The molecule has 0 spiro atoms. The van der Waals surface area contributed by atoms with Gasteiger partial charge < -0.3 is 14.6 Å². The normalized spacial score (nSPS) is 10.5. The van der Waals surface area contributed by atoms with Crippen LogP contribution in [0.4, 0.5) is 0 Å². The quantitative estimate of drug-likeness (QED) is 0.780. The largest absolute Gasteiger partial charge is 0.493 e. The van der Waals surface area contributed by atoms with Gasteiger partial charge in [-0.05, 0) is 24.2 Å². The Morgan fingerprint density at radius 2 is 1.95 bits per heavy atom. The topological polar surface area (TPSA) is 59.0 Å². The second-order valence-electron chi connectivity index (χ2n) is 4.20. The van der Waals surface area contributed by atoms with Gasteiger partial charge in [0.25, 0.3) is 0 Å². The number of carbonyl (C=O) groups is 1. The molecule has 0 radical (unpaired) electrons. The number of ether oxygens (including phenoxy) is 2. The van der Waals surface area contributed by atoms with Crippen molar-refractivity contribution in [1.82, 2.24) is 4.90 Å². The van der Waals surface area contributed by atoms with Gasteiger partial charge in [-0.25, -0.2) is 0 Å². The first-order valence-electron chi connectivity index (χ1n) is 6.25. The molecule has 1 rings (SSSR count). The molecule has 0 heterocycles. The molecule has 19 heavy (non-hydrogen) atoms. The van der Waals surface area contributed by atoms with Crippen molar-refractivity contribution in [2.75, 3.05) is 27.3 Å². The number of carboxylic acids is 1. The van der Waals surface area contributed by atoms with Crippen LogP contribution in [0.15, 0.2) is 18.2 Å². The summed E-state index contributed by atoms with van der Waals surface area (Å²) in [7, 11) is 3.20. The van der Waals surface area contributed by atoms with Crippen molar-refractivity contribution in [3.05, 3.63) is 23.8 Å². The molecular weight excluding hydrogens is 246 g/mol. The number of aliphatic carboxylic acids is 1. The molecule has 5 heteroatoms. The van der Waals surface area contributed by atoms with E-state index in [1.54, 1.807) is 14.2 Å². The molecule has 0 saturated heterocycles. The first-order chi connectivity index (χ1) is 9.10. The highest BCUT2D eigenvalue weighted by atomic mass is 16.5. The van der Waals surface area contributed by atoms with Crippen LogP contribution >= 0.6 is 0 Å². The molecule has 0 aliphatic rings. The minimum Gasteiger partial charge on any atom is -0.493 e. The molecule has 0 aliphatic carbocycles. The highest BCUT2D eigenvalue weighted by molar-refractivity contribution is 5.66. The lowest BCUT2D eigenvalue weighted by Gasteiger charge is -2.20. The fourth-order valence-electron chi connectivity index (χ4n) is 1.84. The van der Waals surface area contributed by atoms with E-state index in [4.69, 9.17) is 14.6 Å². The summed E-state index contributed by atoms with van der Waals surface area (Å²) < 4.78 is 10.4. The molecule has 1 aromatic rings. The van der Waals surface area contributed by atoms with Gasteiger partial charge in [0.1, 0.15) is 0 Å². The van der Waals surface area contributed by atoms with E-state index < -0.39 is 5.97 Å². The van der Waals surface area contributed by atoms with Crippen LogP contribution in [0.2, 0.25) is 0 Å². The van der Waals surface area contributed by atoms with Crippen LogP contribution < -0.4 is 9.47 Å². The molecule has 1 N–H and O–H groups in total. The van der Waals surface area contributed by atoms with Gasteiger partial charge in [0.05, 0.1) is 20.6 Å².